The Labute approximate surface area is 559 Å². The standard InChI is InChI=1S/C69H82O24S2/c1-11-80-60(78)36-48-16-13-18-52(34-48)56(50-20-24-54(25-21-50)90-68-66(88-46(9)76)64(86-44(7)74)62(84-42(5)72)58(92-68)38-82-40(3)70)28-32-95(31-15-30-94)33-29-57(53-19-14-17-49(35-53)37-61(79)81-12-2)51-22-26-55(27-23-51)91-69-67(89-47(10)77)65(87-45(8)75)63(85-43(6)73)59(93-69)39-83-41(4)71/h13-14,16-27,30-31,34-35,56-59,62-69H,11-12,15,28-29,32-33,36-39H2,1-10H3/t56?,57?,58-,59-,62-,63-,64+,65+,66+,67+,68+,69+,95?/m1/s1. The molecule has 0 aromatic heterocycles. The first-order valence-electron chi connectivity index (χ1n) is 30.9. The van der Waals surface area contributed by atoms with Crippen molar-refractivity contribution in [3.05, 3.63) is 130 Å². The molecule has 0 N–H and O–H groups in total. The summed E-state index contributed by atoms with van der Waals surface area (Å²) >= 11 is 5.39. The molecule has 4 aromatic carbocycles. The lowest BCUT2D eigenvalue weighted by Gasteiger charge is -2.43. The monoisotopic (exact) mass is 1360 g/mol. The van der Waals surface area contributed by atoms with E-state index in [9.17, 15) is 47.9 Å². The van der Waals surface area contributed by atoms with Crippen LogP contribution in [0.5, 0.6) is 11.5 Å². The van der Waals surface area contributed by atoms with Crippen LogP contribution in [0.25, 0.3) is 0 Å². The van der Waals surface area contributed by atoms with Gasteiger partial charge in [-0.1, -0.05) is 90.4 Å². The number of hydrogen-bond acceptors (Lipinski definition) is 25. The number of ether oxygens (including phenoxy) is 14. The highest BCUT2D eigenvalue weighted by Crippen LogP contribution is 2.39. The van der Waals surface area contributed by atoms with Crippen molar-refractivity contribution in [3.8, 4) is 11.5 Å². The van der Waals surface area contributed by atoms with Crippen LogP contribution in [0.15, 0.2) is 97.1 Å². The van der Waals surface area contributed by atoms with Crippen LogP contribution in [-0.2, 0) is 118 Å². The Morgan fingerprint density at radius 1 is 0.442 bits per heavy atom. The van der Waals surface area contributed by atoms with Gasteiger partial charge in [0, 0.05) is 67.2 Å². The third kappa shape index (κ3) is 24.0. The second kappa shape index (κ2) is 37.5. The number of carbonyl (C=O) groups is 10. The number of esters is 10. The fourth-order valence-corrected chi connectivity index (χ4v) is 13.2. The number of thiocarbonyl (C=S) groups is 1. The minimum absolute atomic E-state index is 0.0371. The van der Waals surface area contributed by atoms with Crippen LogP contribution in [0, 0.1) is 0 Å². The van der Waals surface area contributed by atoms with Crippen molar-refractivity contribution < 1.29 is 114 Å². The zero-order valence-corrected chi connectivity index (χ0v) is 56.3. The summed E-state index contributed by atoms with van der Waals surface area (Å²) in [5.74, 6) is -5.61. The summed E-state index contributed by atoms with van der Waals surface area (Å²) in [5, 5.41) is 3.88. The molecule has 2 aliphatic heterocycles. The van der Waals surface area contributed by atoms with E-state index in [-0.39, 0.29) is 61.3 Å². The van der Waals surface area contributed by atoms with Crippen LogP contribution < -0.4 is 9.47 Å². The molecular formula is C69H82O24S2. The molecule has 0 spiro atoms. The molecule has 514 valence electrons. The van der Waals surface area contributed by atoms with E-state index in [2.05, 4.69) is 5.37 Å². The maximum absolute atomic E-state index is 12.8. The topological polar surface area (TPSA) is 300 Å². The maximum atomic E-state index is 12.8. The van der Waals surface area contributed by atoms with E-state index in [1.807, 2.05) is 72.8 Å². The van der Waals surface area contributed by atoms with E-state index in [1.54, 1.807) is 43.5 Å². The van der Waals surface area contributed by atoms with Gasteiger partial charge in [-0.25, -0.2) is 0 Å². The smallest absolute Gasteiger partial charge is 0.310 e. The molecule has 0 bridgehead atoms. The van der Waals surface area contributed by atoms with Crippen molar-refractivity contribution in [1.29, 1.82) is 0 Å². The first kappa shape index (κ1) is 75.4. The van der Waals surface area contributed by atoms with E-state index in [0.717, 1.165) is 74.9 Å². The summed E-state index contributed by atoms with van der Waals surface area (Å²) < 4.78 is 79.9. The predicted molar refractivity (Wildman–Crippen MR) is 346 cm³/mol. The summed E-state index contributed by atoms with van der Waals surface area (Å²) in [6, 6.07) is 29.7. The Morgan fingerprint density at radius 3 is 1.12 bits per heavy atom. The number of carbonyl (C=O) groups excluding carboxylic acids is 10. The van der Waals surface area contributed by atoms with E-state index >= 15 is 0 Å². The average molecular weight is 1360 g/mol. The van der Waals surface area contributed by atoms with Gasteiger partial charge in [0.15, 0.2) is 24.4 Å². The van der Waals surface area contributed by atoms with Crippen molar-refractivity contribution >= 4 is 93.1 Å². The molecule has 0 amide bonds. The van der Waals surface area contributed by atoms with Gasteiger partial charge >= 0.3 is 59.7 Å². The molecule has 24 nitrogen and oxygen atoms in total. The van der Waals surface area contributed by atoms with Gasteiger partial charge in [0.1, 0.15) is 36.9 Å². The van der Waals surface area contributed by atoms with E-state index in [1.165, 1.54) is 13.8 Å². The van der Waals surface area contributed by atoms with Crippen LogP contribution >= 0.6 is 22.7 Å². The van der Waals surface area contributed by atoms with Crippen LogP contribution in [0.1, 0.15) is 134 Å². The van der Waals surface area contributed by atoms with Crippen LogP contribution in [0.3, 0.4) is 0 Å². The fourth-order valence-electron chi connectivity index (χ4n) is 11.0. The zero-order chi connectivity index (χ0) is 69.3. The third-order valence-corrected chi connectivity index (χ3v) is 17.1. The highest BCUT2D eigenvalue weighted by molar-refractivity contribution is 8.15. The van der Waals surface area contributed by atoms with Crippen molar-refractivity contribution in [2.24, 2.45) is 0 Å². The van der Waals surface area contributed by atoms with Crippen molar-refractivity contribution in [1.82, 2.24) is 0 Å². The van der Waals surface area contributed by atoms with Gasteiger partial charge in [-0.3, -0.25) is 47.9 Å². The first-order valence-corrected chi connectivity index (χ1v) is 33.0. The Hall–Kier alpha value is -8.59. The first-order chi connectivity index (χ1) is 45.3. The van der Waals surface area contributed by atoms with Crippen molar-refractivity contribution in [2.75, 3.05) is 37.9 Å². The lowest BCUT2D eigenvalue weighted by atomic mass is 9.88. The van der Waals surface area contributed by atoms with Gasteiger partial charge in [0.2, 0.25) is 24.8 Å². The number of rotatable bonds is 32. The van der Waals surface area contributed by atoms with Gasteiger partial charge < -0.3 is 66.3 Å². The second-order valence-electron chi connectivity index (χ2n) is 22.2. The normalized spacial score (nSPS) is 21.5. The Kier molecular flexibility index (Phi) is 29.8. The van der Waals surface area contributed by atoms with Crippen LogP contribution in [0.2, 0.25) is 0 Å². The van der Waals surface area contributed by atoms with Gasteiger partial charge in [-0.2, -0.15) is 10.5 Å². The van der Waals surface area contributed by atoms with Gasteiger partial charge in [0.25, 0.3) is 0 Å². The number of hydrogen-bond donors (Lipinski definition) is 0. The SMILES string of the molecule is CCOC(=O)Cc1cccc(C(CCS(=CCC=S)CCC(c2ccc(O[C@H]3O[C@H](COC(C)=O)[C@@H](OC(C)=O)[C@H](OC(C)=O)[C@@H]3OC(C)=O)cc2)c2cccc(CC(=O)OCC)c2)c2ccc(O[C@H]3O[C@H](COC(C)=O)[C@@H](OC(C)=O)[C@H](OC(C)=O)[C@@H]3OC(C)=O)cc2)c1. The Balaban J connectivity index is 1.34. The molecule has 12 atom stereocenters. The molecule has 4 aromatic rings. The molecule has 95 heavy (non-hydrogen) atoms. The van der Waals surface area contributed by atoms with E-state index < -0.39 is 133 Å². The molecule has 2 saturated heterocycles. The van der Waals surface area contributed by atoms with Gasteiger partial charge in [-0.15, -0.1) is 0 Å². The van der Waals surface area contributed by atoms with Crippen LogP contribution in [0.4, 0.5) is 0 Å². The minimum atomic E-state index is -1.48. The summed E-state index contributed by atoms with van der Waals surface area (Å²) in [6.07, 6.45) is -12.3. The maximum Gasteiger partial charge on any atom is 0.310 e. The molecule has 2 aliphatic rings. The Morgan fingerprint density at radius 2 is 0.789 bits per heavy atom. The predicted octanol–water partition coefficient (Wildman–Crippen LogP) is 8.03. The molecule has 6 rings (SSSR count). The van der Waals surface area contributed by atoms with Crippen LogP contribution in [-0.4, -0.2) is 170 Å². The van der Waals surface area contributed by atoms with Gasteiger partial charge in [0.05, 0.1) is 26.1 Å². The lowest BCUT2D eigenvalue weighted by Crippen LogP contribution is -2.63. The molecule has 0 aliphatic carbocycles. The van der Waals surface area contributed by atoms with Crippen molar-refractivity contribution in [2.45, 2.75) is 175 Å². The molecule has 2 heterocycles. The third-order valence-electron chi connectivity index (χ3n) is 14.7. The largest absolute Gasteiger partial charge is 0.466 e. The Bertz CT molecular complexity index is 3140. The average Bonchev–Trinajstić information content (AvgIpc) is 0.802. The van der Waals surface area contributed by atoms with E-state index in [4.69, 9.17) is 78.5 Å². The number of benzene rings is 4. The molecule has 26 heteroatoms. The van der Waals surface area contributed by atoms with Crippen molar-refractivity contribution in [3.63, 3.8) is 0 Å². The lowest BCUT2D eigenvalue weighted by molar-refractivity contribution is -0.288. The summed E-state index contributed by atoms with van der Waals surface area (Å²) in [4.78, 5) is 125. The highest BCUT2D eigenvalue weighted by Gasteiger charge is 2.55. The molecule has 0 radical (unpaired) electrons. The fraction of sp³-hybridized carbons (Fsp3) is 0.478. The highest BCUT2D eigenvalue weighted by atomic mass is 32.2. The molecule has 0 saturated carbocycles. The molecule has 2 unspecified atom stereocenters. The summed E-state index contributed by atoms with van der Waals surface area (Å²) in [5.41, 5.74) is 4.99. The summed E-state index contributed by atoms with van der Waals surface area (Å²) in [7, 11) is -0.412. The van der Waals surface area contributed by atoms with Gasteiger partial charge in [-0.05, 0) is 108 Å². The summed E-state index contributed by atoms with van der Waals surface area (Å²) in [6.45, 7) is 12.1. The van der Waals surface area contributed by atoms with E-state index in [0.29, 0.717) is 30.8 Å². The quantitative estimate of drug-likeness (QED) is 0.0254. The zero-order valence-electron chi connectivity index (χ0n) is 54.7. The molecular weight excluding hydrogens is 1280 g/mol. The minimum Gasteiger partial charge on any atom is -0.466 e. The second-order valence-corrected chi connectivity index (χ2v) is 24.7. The molecule has 2 fully saturated rings.